The number of carbonyl (C=O) groups excluding carboxylic acids is 1. The highest BCUT2D eigenvalue weighted by molar-refractivity contribution is 9.10. The maximum atomic E-state index is 12.9. The highest BCUT2D eigenvalue weighted by Crippen LogP contribution is 2.26. The van der Waals surface area contributed by atoms with E-state index in [2.05, 4.69) is 15.9 Å². The number of rotatable bonds is 2. The SMILES string of the molecule is Nc1ccc(C(=O)c2ccc(F)cc2Cl)c(Br)c1. The Balaban J connectivity index is 2.48. The zero-order chi connectivity index (χ0) is 13.3. The Bertz CT molecular complexity index is 577. The molecule has 0 aromatic heterocycles. The van der Waals surface area contributed by atoms with Crippen LogP contribution in [0.3, 0.4) is 0 Å². The van der Waals surface area contributed by atoms with E-state index in [4.69, 9.17) is 17.3 Å². The van der Waals surface area contributed by atoms with Crippen LogP contribution in [0.4, 0.5) is 10.1 Å². The number of hydrogen-bond donors (Lipinski definition) is 1. The first-order valence-corrected chi connectivity index (χ1v) is 6.21. The summed E-state index contributed by atoms with van der Waals surface area (Å²) >= 11 is 9.12. The third kappa shape index (κ3) is 2.54. The molecule has 0 saturated heterocycles. The number of nitrogen functional groups attached to an aromatic ring is 1. The van der Waals surface area contributed by atoms with E-state index in [1.165, 1.54) is 12.1 Å². The summed E-state index contributed by atoms with van der Waals surface area (Å²) in [4.78, 5) is 12.2. The topological polar surface area (TPSA) is 43.1 Å². The molecule has 2 N–H and O–H groups in total. The molecule has 2 rings (SSSR count). The van der Waals surface area contributed by atoms with Crippen molar-refractivity contribution in [3.63, 3.8) is 0 Å². The molecule has 0 atom stereocenters. The van der Waals surface area contributed by atoms with E-state index < -0.39 is 5.82 Å². The summed E-state index contributed by atoms with van der Waals surface area (Å²) in [5.74, 6) is -0.764. The number of hydrogen-bond acceptors (Lipinski definition) is 2. The largest absolute Gasteiger partial charge is 0.399 e. The van der Waals surface area contributed by atoms with E-state index in [0.29, 0.717) is 15.7 Å². The average Bonchev–Trinajstić information content (AvgIpc) is 2.28. The summed E-state index contributed by atoms with van der Waals surface area (Å²) in [6.07, 6.45) is 0. The molecule has 0 unspecified atom stereocenters. The molecule has 2 aromatic rings. The van der Waals surface area contributed by atoms with Gasteiger partial charge >= 0.3 is 0 Å². The van der Waals surface area contributed by atoms with Crippen molar-refractivity contribution in [3.8, 4) is 0 Å². The number of carbonyl (C=O) groups is 1. The summed E-state index contributed by atoms with van der Waals surface area (Å²) in [5, 5.41) is 0.0868. The smallest absolute Gasteiger partial charge is 0.195 e. The third-order valence-corrected chi connectivity index (χ3v) is 3.38. The molecule has 5 heteroatoms. The van der Waals surface area contributed by atoms with Gasteiger partial charge in [-0.1, -0.05) is 11.6 Å². The Morgan fingerprint density at radius 3 is 2.44 bits per heavy atom. The molecule has 2 aromatic carbocycles. The molecule has 18 heavy (non-hydrogen) atoms. The summed E-state index contributed by atoms with van der Waals surface area (Å²) in [5.41, 5.74) is 6.83. The Morgan fingerprint density at radius 2 is 1.83 bits per heavy atom. The first kappa shape index (κ1) is 13.1. The predicted molar refractivity (Wildman–Crippen MR) is 73.4 cm³/mol. The molecule has 0 spiro atoms. The monoisotopic (exact) mass is 327 g/mol. The Labute approximate surface area is 117 Å². The van der Waals surface area contributed by atoms with Crippen LogP contribution in [0.5, 0.6) is 0 Å². The fourth-order valence-electron chi connectivity index (χ4n) is 1.53. The second-order valence-corrected chi connectivity index (χ2v) is 4.95. The summed E-state index contributed by atoms with van der Waals surface area (Å²) in [6.45, 7) is 0. The molecular formula is C13H8BrClFNO. The minimum absolute atomic E-state index is 0.0868. The quantitative estimate of drug-likeness (QED) is 0.667. The van der Waals surface area contributed by atoms with Gasteiger partial charge in [-0.25, -0.2) is 4.39 Å². The molecule has 0 fully saturated rings. The van der Waals surface area contributed by atoms with Crippen LogP contribution in [0, 0.1) is 5.82 Å². The van der Waals surface area contributed by atoms with Crippen molar-refractivity contribution < 1.29 is 9.18 Å². The van der Waals surface area contributed by atoms with Crippen molar-refractivity contribution in [1.82, 2.24) is 0 Å². The lowest BCUT2D eigenvalue weighted by atomic mass is 10.0. The number of benzene rings is 2. The Hall–Kier alpha value is -1.39. The van der Waals surface area contributed by atoms with E-state index in [9.17, 15) is 9.18 Å². The molecular weight excluding hydrogens is 321 g/mol. The van der Waals surface area contributed by atoms with Crippen molar-refractivity contribution in [2.24, 2.45) is 0 Å². The zero-order valence-corrected chi connectivity index (χ0v) is 11.4. The van der Waals surface area contributed by atoms with E-state index in [-0.39, 0.29) is 16.4 Å². The van der Waals surface area contributed by atoms with Crippen LogP contribution in [-0.4, -0.2) is 5.78 Å². The fourth-order valence-corrected chi connectivity index (χ4v) is 2.36. The van der Waals surface area contributed by atoms with Gasteiger partial charge in [0.1, 0.15) is 5.82 Å². The Kier molecular flexibility index (Phi) is 3.68. The van der Waals surface area contributed by atoms with Crippen molar-refractivity contribution in [2.45, 2.75) is 0 Å². The Morgan fingerprint density at radius 1 is 1.17 bits per heavy atom. The van der Waals surface area contributed by atoms with Crippen LogP contribution in [0.25, 0.3) is 0 Å². The number of ketones is 1. The van der Waals surface area contributed by atoms with E-state index >= 15 is 0 Å². The van der Waals surface area contributed by atoms with Gasteiger partial charge in [0.25, 0.3) is 0 Å². The second kappa shape index (κ2) is 5.08. The number of nitrogens with two attached hydrogens (primary N) is 1. The fraction of sp³-hybridized carbons (Fsp3) is 0. The molecule has 0 aliphatic rings. The van der Waals surface area contributed by atoms with Crippen LogP contribution >= 0.6 is 27.5 Å². The van der Waals surface area contributed by atoms with Gasteiger partial charge < -0.3 is 5.73 Å². The standard InChI is InChI=1S/C13H8BrClFNO/c14-11-6-8(17)2-4-9(11)13(18)10-3-1-7(16)5-12(10)15/h1-6H,17H2. The molecule has 0 amide bonds. The van der Waals surface area contributed by atoms with Crippen LogP contribution in [0.2, 0.25) is 5.02 Å². The first-order chi connectivity index (χ1) is 8.49. The van der Waals surface area contributed by atoms with Gasteiger partial charge in [0.15, 0.2) is 5.78 Å². The molecule has 0 aliphatic heterocycles. The maximum Gasteiger partial charge on any atom is 0.195 e. The number of halogens is 3. The summed E-state index contributed by atoms with van der Waals surface area (Å²) < 4.78 is 13.5. The molecule has 2 nitrogen and oxygen atoms in total. The van der Waals surface area contributed by atoms with Crippen LogP contribution in [0.1, 0.15) is 15.9 Å². The molecule has 0 bridgehead atoms. The molecule has 0 radical (unpaired) electrons. The van der Waals surface area contributed by atoms with Gasteiger partial charge in [0, 0.05) is 21.3 Å². The molecule has 0 aliphatic carbocycles. The van der Waals surface area contributed by atoms with Gasteiger partial charge in [-0.3, -0.25) is 4.79 Å². The van der Waals surface area contributed by atoms with Crippen LogP contribution < -0.4 is 5.73 Å². The first-order valence-electron chi connectivity index (χ1n) is 5.04. The molecule has 0 heterocycles. The maximum absolute atomic E-state index is 12.9. The number of anilines is 1. The average molecular weight is 329 g/mol. The predicted octanol–water partition coefficient (Wildman–Crippen LogP) is 4.05. The van der Waals surface area contributed by atoms with Crippen LogP contribution in [0.15, 0.2) is 40.9 Å². The van der Waals surface area contributed by atoms with Gasteiger partial charge in [-0.05, 0) is 52.3 Å². The van der Waals surface area contributed by atoms with E-state index in [1.807, 2.05) is 0 Å². The van der Waals surface area contributed by atoms with Crippen molar-refractivity contribution >= 4 is 39.0 Å². The molecule has 92 valence electrons. The van der Waals surface area contributed by atoms with Crippen molar-refractivity contribution in [2.75, 3.05) is 5.73 Å². The second-order valence-electron chi connectivity index (χ2n) is 3.69. The van der Waals surface area contributed by atoms with E-state index in [1.54, 1.807) is 18.2 Å². The van der Waals surface area contributed by atoms with Gasteiger partial charge in [0.2, 0.25) is 0 Å². The third-order valence-electron chi connectivity index (χ3n) is 2.41. The highest BCUT2D eigenvalue weighted by Gasteiger charge is 2.16. The lowest BCUT2D eigenvalue weighted by Crippen LogP contribution is -2.04. The lowest BCUT2D eigenvalue weighted by molar-refractivity contribution is 0.103. The van der Waals surface area contributed by atoms with E-state index in [0.717, 1.165) is 6.07 Å². The van der Waals surface area contributed by atoms with Gasteiger partial charge in [-0.2, -0.15) is 0 Å². The summed E-state index contributed by atoms with van der Waals surface area (Å²) in [6, 6.07) is 8.52. The van der Waals surface area contributed by atoms with Crippen LogP contribution in [-0.2, 0) is 0 Å². The normalized spacial score (nSPS) is 10.4. The zero-order valence-electron chi connectivity index (χ0n) is 9.08. The highest BCUT2D eigenvalue weighted by atomic mass is 79.9. The summed E-state index contributed by atoms with van der Waals surface area (Å²) in [7, 11) is 0. The lowest BCUT2D eigenvalue weighted by Gasteiger charge is -2.06. The van der Waals surface area contributed by atoms with Gasteiger partial charge in [-0.15, -0.1) is 0 Å². The van der Waals surface area contributed by atoms with Crippen molar-refractivity contribution in [1.29, 1.82) is 0 Å². The van der Waals surface area contributed by atoms with Crippen molar-refractivity contribution in [3.05, 3.63) is 62.8 Å². The minimum Gasteiger partial charge on any atom is -0.399 e. The molecule has 0 saturated carbocycles. The minimum atomic E-state index is -0.479. The van der Waals surface area contributed by atoms with Gasteiger partial charge in [0.05, 0.1) is 5.02 Å².